The minimum absolute atomic E-state index is 0.771. The second-order valence-electron chi connectivity index (χ2n) is 2.68. The Labute approximate surface area is 77.3 Å². The molecule has 0 aliphatic heterocycles. The van der Waals surface area contributed by atoms with Gasteiger partial charge >= 0.3 is 0 Å². The number of nitrogen functional groups attached to an aromatic ring is 2. The zero-order valence-corrected chi connectivity index (χ0v) is 8.24. The van der Waals surface area contributed by atoms with Crippen LogP contribution in [0.4, 0.5) is 11.4 Å². The van der Waals surface area contributed by atoms with E-state index in [1.165, 1.54) is 0 Å². The molecule has 0 atom stereocenters. The van der Waals surface area contributed by atoms with Gasteiger partial charge in [0.05, 0.1) is 0 Å². The molecule has 1 rings (SSSR count). The highest BCUT2D eigenvalue weighted by Crippen LogP contribution is 2.28. The van der Waals surface area contributed by atoms with Crippen molar-refractivity contribution < 1.29 is 0 Å². The largest absolute Gasteiger partial charge is 0.398 e. The molecular formula is C9H14N2S. The fourth-order valence-electron chi connectivity index (χ4n) is 0.996. The number of rotatable bonds is 2. The number of nitrogens with two attached hydrogens (primary N) is 2. The van der Waals surface area contributed by atoms with Gasteiger partial charge in [0, 0.05) is 16.3 Å². The van der Waals surface area contributed by atoms with Gasteiger partial charge in [-0.2, -0.15) is 0 Å². The number of anilines is 2. The van der Waals surface area contributed by atoms with E-state index in [2.05, 4.69) is 6.92 Å². The highest BCUT2D eigenvalue weighted by Gasteiger charge is 2.01. The fourth-order valence-corrected chi connectivity index (χ4v) is 1.79. The minimum atomic E-state index is 0.771. The Hall–Kier alpha value is -0.830. The van der Waals surface area contributed by atoms with Crippen molar-refractivity contribution in [3.8, 4) is 0 Å². The van der Waals surface area contributed by atoms with E-state index >= 15 is 0 Å². The first-order valence-electron chi connectivity index (χ1n) is 3.93. The zero-order valence-electron chi connectivity index (χ0n) is 7.42. The van der Waals surface area contributed by atoms with Gasteiger partial charge in [-0.05, 0) is 30.4 Å². The Kier molecular flexibility index (Phi) is 2.87. The van der Waals surface area contributed by atoms with Crippen molar-refractivity contribution in [2.75, 3.05) is 17.2 Å². The molecule has 12 heavy (non-hydrogen) atoms. The van der Waals surface area contributed by atoms with Crippen LogP contribution in [0.5, 0.6) is 0 Å². The normalized spacial score (nSPS) is 10.2. The summed E-state index contributed by atoms with van der Waals surface area (Å²) in [5, 5.41) is 0. The lowest BCUT2D eigenvalue weighted by Crippen LogP contribution is -1.95. The second-order valence-corrected chi connectivity index (χ2v) is 3.99. The molecule has 0 radical (unpaired) electrons. The van der Waals surface area contributed by atoms with Crippen LogP contribution in [0.25, 0.3) is 0 Å². The monoisotopic (exact) mass is 182 g/mol. The van der Waals surface area contributed by atoms with Crippen LogP contribution in [-0.2, 0) is 0 Å². The van der Waals surface area contributed by atoms with Crippen LogP contribution < -0.4 is 11.5 Å². The summed E-state index contributed by atoms with van der Waals surface area (Å²) >= 11 is 1.74. The molecule has 0 heterocycles. The number of aryl methyl sites for hydroxylation is 1. The number of hydrogen-bond acceptors (Lipinski definition) is 3. The summed E-state index contributed by atoms with van der Waals surface area (Å²) in [6, 6.07) is 3.87. The van der Waals surface area contributed by atoms with E-state index in [4.69, 9.17) is 11.5 Å². The van der Waals surface area contributed by atoms with Crippen molar-refractivity contribution in [1.82, 2.24) is 0 Å². The molecule has 0 saturated heterocycles. The van der Waals surface area contributed by atoms with Crippen LogP contribution in [0.2, 0.25) is 0 Å². The molecule has 1 aromatic carbocycles. The SMILES string of the molecule is CCSc1cc(C)c(N)cc1N. The van der Waals surface area contributed by atoms with Gasteiger partial charge in [-0.1, -0.05) is 6.92 Å². The van der Waals surface area contributed by atoms with Gasteiger partial charge in [-0.25, -0.2) is 0 Å². The molecule has 66 valence electrons. The molecular weight excluding hydrogens is 168 g/mol. The average Bonchev–Trinajstić information content (AvgIpc) is 2.01. The predicted molar refractivity (Wildman–Crippen MR) is 56.4 cm³/mol. The summed E-state index contributed by atoms with van der Waals surface area (Å²) in [4.78, 5) is 1.13. The summed E-state index contributed by atoms with van der Waals surface area (Å²) in [7, 11) is 0. The molecule has 0 aliphatic carbocycles. The van der Waals surface area contributed by atoms with Crippen molar-refractivity contribution in [2.24, 2.45) is 0 Å². The van der Waals surface area contributed by atoms with Crippen LogP contribution in [-0.4, -0.2) is 5.75 Å². The highest BCUT2D eigenvalue weighted by molar-refractivity contribution is 7.99. The molecule has 0 aliphatic rings. The van der Waals surface area contributed by atoms with Crippen LogP contribution in [0.15, 0.2) is 17.0 Å². The van der Waals surface area contributed by atoms with Crippen molar-refractivity contribution in [1.29, 1.82) is 0 Å². The molecule has 0 spiro atoms. The Bertz CT molecular complexity index is 284. The molecule has 3 heteroatoms. The maximum atomic E-state index is 5.78. The summed E-state index contributed by atoms with van der Waals surface area (Å²) in [6.07, 6.45) is 0. The van der Waals surface area contributed by atoms with Crippen molar-refractivity contribution >= 4 is 23.1 Å². The molecule has 1 aromatic rings. The molecule has 4 N–H and O–H groups in total. The first kappa shape index (κ1) is 9.26. The first-order chi connectivity index (χ1) is 5.65. The number of thioether (sulfide) groups is 1. The van der Waals surface area contributed by atoms with Gasteiger partial charge in [0.2, 0.25) is 0 Å². The van der Waals surface area contributed by atoms with E-state index < -0.39 is 0 Å². The van der Waals surface area contributed by atoms with Crippen LogP contribution in [0.1, 0.15) is 12.5 Å². The highest BCUT2D eigenvalue weighted by atomic mass is 32.2. The Morgan fingerprint density at radius 1 is 1.25 bits per heavy atom. The Morgan fingerprint density at radius 3 is 2.50 bits per heavy atom. The van der Waals surface area contributed by atoms with Gasteiger partial charge in [0.25, 0.3) is 0 Å². The van der Waals surface area contributed by atoms with E-state index in [1.54, 1.807) is 11.8 Å². The lowest BCUT2D eigenvalue weighted by molar-refractivity contribution is 1.36. The van der Waals surface area contributed by atoms with Crippen molar-refractivity contribution in [3.63, 3.8) is 0 Å². The maximum absolute atomic E-state index is 5.78. The summed E-state index contributed by atoms with van der Waals surface area (Å²) in [5.41, 5.74) is 14.1. The summed E-state index contributed by atoms with van der Waals surface area (Å²) in [6.45, 7) is 4.10. The molecule has 0 saturated carbocycles. The van der Waals surface area contributed by atoms with E-state index in [9.17, 15) is 0 Å². The third kappa shape index (κ3) is 1.85. The quantitative estimate of drug-likeness (QED) is 0.545. The lowest BCUT2D eigenvalue weighted by atomic mass is 10.2. The predicted octanol–water partition coefficient (Wildman–Crippen LogP) is 2.27. The Morgan fingerprint density at radius 2 is 1.92 bits per heavy atom. The third-order valence-electron chi connectivity index (χ3n) is 1.70. The van der Waals surface area contributed by atoms with Gasteiger partial charge in [-0.15, -0.1) is 11.8 Å². The van der Waals surface area contributed by atoms with E-state index in [0.29, 0.717) is 0 Å². The second kappa shape index (κ2) is 3.72. The average molecular weight is 182 g/mol. The standard InChI is InChI=1S/C9H14N2S/c1-3-12-9-4-6(2)7(10)5-8(9)11/h4-5H,3,10-11H2,1-2H3. The zero-order chi connectivity index (χ0) is 9.14. The van der Waals surface area contributed by atoms with Crippen molar-refractivity contribution in [3.05, 3.63) is 17.7 Å². The fraction of sp³-hybridized carbons (Fsp3) is 0.333. The van der Waals surface area contributed by atoms with E-state index in [1.807, 2.05) is 19.1 Å². The van der Waals surface area contributed by atoms with E-state index in [0.717, 1.165) is 27.6 Å². The summed E-state index contributed by atoms with van der Waals surface area (Å²) in [5.74, 6) is 1.04. The number of benzene rings is 1. The third-order valence-corrected chi connectivity index (χ3v) is 2.65. The molecule has 0 aromatic heterocycles. The van der Waals surface area contributed by atoms with Gasteiger partial charge < -0.3 is 11.5 Å². The topological polar surface area (TPSA) is 52.0 Å². The Balaban J connectivity index is 3.05. The maximum Gasteiger partial charge on any atom is 0.0473 e. The van der Waals surface area contributed by atoms with Gasteiger partial charge in [-0.3, -0.25) is 0 Å². The van der Waals surface area contributed by atoms with Gasteiger partial charge in [0.1, 0.15) is 0 Å². The molecule has 0 unspecified atom stereocenters. The molecule has 0 fully saturated rings. The van der Waals surface area contributed by atoms with Crippen molar-refractivity contribution in [2.45, 2.75) is 18.7 Å². The lowest BCUT2D eigenvalue weighted by Gasteiger charge is -2.07. The van der Waals surface area contributed by atoms with Crippen LogP contribution >= 0.6 is 11.8 Å². The van der Waals surface area contributed by atoms with Gasteiger partial charge in [0.15, 0.2) is 0 Å². The van der Waals surface area contributed by atoms with Crippen LogP contribution in [0.3, 0.4) is 0 Å². The summed E-state index contributed by atoms with van der Waals surface area (Å²) < 4.78 is 0. The number of hydrogen-bond donors (Lipinski definition) is 2. The smallest absolute Gasteiger partial charge is 0.0473 e. The minimum Gasteiger partial charge on any atom is -0.398 e. The van der Waals surface area contributed by atoms with E-state index in [-0.39, 0.29) is 0 Å². The van der Waals surface area contributed by atoms with Crippen LogP contribution in [0, 0.1) is 6.92 Å². The molecule has 0 bridgehead atoms. The first-order valence-corrected chi connectivity index (χ1v) is 4.92. The molecule has 0 amide bonds. The molecule has 2 nitrogen and oxygen atoms in total.